The molecule has 1 N–H and O–H groups in total. The molecule has 1 amide bonds. The zero-order chi connectivity index (χ0) is 17.3. The predicted molar refractivity (Wildman–Crippen MR) is 88.9 cm³/mol. The van der Waals surface area contributed by atoms with Crippen LogP contribution in [0.15, 0.2) is 40.8 Å². The molecule has 1 aromatic carbocycles. The molecule has 0 atom stereocenters. The molecule has 124 valence electrons. The molecule has 3 rings (SSSR count). The zero-order valence-corrected chi connectivity index (χ0v) is 13.8. The number of furan rings is 1. The average molecular weight is 326 g/mol. The van der Waals surface area contributed by atoms with E-state index in [2.05, 4.69) is 4.98 Å². The van der Waals surface area contributed by atoms with Crippen LogP contribution < -0.4 is 0 Å². The molecule has 3 aromatic rings. The molecule has 6 nitrogen and oxygen atoms in total. The molecule has 0 unspecified atom stereocenters. The van der Waals surface area contributed by atoms with Crippen LogP contribution in [-0.2, 0) is 11.3 Å². The van der Waals surface area contributed by atoms with Crippen LogP contribution in [0.5, 0.6) is 0 Å². The fourth-order valence-corrected chi connectivity index (χ4v) is 2.63. The molecule has 0 aliphatic heterocycles. The van der Waals surface area contributed by atoms with Crippen molar-refractivity contribution in [1.82, 2.24) is 9.88 Å². The number of benzene rings is 1. The molecule has 24 heavy (non-hydrogen) atoms. The highest BCUT2D eigenvalue weighted by atomic mass is 16.5. The second-order valence-electron chi connectivity index (χ2n) is 5.61. The number of para-hydroxylation sites is 1. The first kappa shape index (κ1) is 15.9. The molecule has 0 spiro atoms. The highest BCUT2D eigenvalue weighted by molar-refractivity contribution is 5.97. The average Bonchev–Trinajstić information content (AvgIpc) is 3.16. The van der Waals surface area contributed by atoms with Crippen LogP contribution >= 0.6 is 0 Å². The molecule has 2 heterocycles. The number of methoxy groups -OCH3 is 1. The SMILES string of the molecule is COC(=O)c1cc(CN(C)C(=O)c2cc3ccccc3[nH]2)oc1C. The summed E-state index contributed by atoms with van der Waals surface area (Å²) in [5, 5.41) is 0.982. The third-order valence-electron chi connectivity index (χ3n) is 3.87. The number of ether oxygens (including phenoxy) is 1. The van der Waals surface area contributed by atoms with Crippen molar-refractivity contribution in [3.63, 3.8) is 0 Å². The largest absolute Gasteiger partial charge is 0.465 e. The highest BCUT2D eigenvalue weighted by Gasteiger charge is 2.19. The summed E-state index contributed by atoms with van der Waals surface area (Å²) in [6.07, 6.45) is 0. The number of aryl methyl sites for hydroxylation is 1. The van der Waals surface area contributed by atoms with E-state index < -0.39 is 5.97 Å². The van der Waals surface area contributed by atoms with E-state index in [1.165, 1.54) is 12.0 Å². The monoisotopic (exact) mass is 326 g/mol. The molecular weight excluding hydrogens is 308 g/mol. The van der Waals surface area contributed by atoms with E-state index in [0.29, 0.717) is 22.8 Å². The van der Waals surface area contributed by atoms with Gasteiger partial charge in [0.05, 0.1) is 13.7 Å². The van der Waals surface area contributed by atoms with E-state index in [4.69, 9.17) is 9.15 Å². The smallest absolute Gasteiger partial charge is 0.341 e. The lowest BCUT2D eigenvalue weighted by Gasteiger charge is -2.14. The van der Waals surface area contributed by atoms with Gasteiger partial charge in [-0.2, -0.15) is 0 Å². The van der Waals surface area contributed by atoms with Crippen LogP contribution in [0.2, 0.25) is 0 Å². The summed E-state index contributed by atoms with van der Waals surface area (Å²) in [6, 6.07) is 11.1. The summed E-state index contributed by atoms with van der Waals surface area (Å²) in [4.78, 5) is 28.8. The molecule has 2 aromatic heterocycles. The molecule has 0 aliphatic rings. The van der Waals surface area contributed by atoms with Gasteiger partial charge in [0.25, 0.3) is 5.91 Å². The summed E-state index contributed by atoms with van der Waals surface area (Å²) in [6.45, 7) is 1.95. The molecule has 0 bridgehead atoms. The summed E-state index contributed by atoms with van der Waals surface area (Å²) < 4.78 is 10.2. The Morgan fingerprint density at radius 3 is 2.71 bits per heavy atom. The fourth-order valence-electron chi connectivity index (χ4n) is 2.63. The first-order chi connectivity index (χ1) is 11.5. The summed E-state index contributed by atoms with van der Waals surface area (Å²) in [5.41, 5.74) is 1.80. The Morgan fingerprint density at radius 2 is 2.00 bits per heavy atom. The first-order valence-corrected chi connectivity index (χ1v) is 7.50. The number of nitrogens with zero attached hydrogens (tertiary/aromatic N) is 1. The second-order valence-corrected chi connectivity index (χ2v) is 5.61. The van der Waals surface area contributed by atoms with E-state index in [-0.39, 0.29) is 12.5 Å². The number of carbonyl (C=O) groups is 2. The van der Waals surface area contributed by atoms with Crippen molar-refractivity contribution in [1.29, 1.82) is 0 Å². The van der Waals surface area contributed by atoms with Crippen LogP contribution in [0.3, 0.4) is 0 Å². The van der Waals surface area contributed by atoms with Crippen molar-refractivity contribution in [3.05, 3.63) is 59.2 Å². The fraction of sp³-hybridized carbons (Fsp3) is 0.222. The van der Waals surface area contributed by atoms with E-state index in [9.17, 15) is 9.59 Å². The van der Waals surface area contributed by atoms with Gasteiger partial charge < -0.3 is 19.0 Å². The molecular formula is C18H18N2O4. The molecule has 6 heteroatoms. The van der Waals surface area contributed by atoms with E-state index in [0.717, 1.165) is 10.9 Å². The van der Waals surface area contributed by atoms with Crippen LogP contribution in [0, 0.1) is 6.92 Å². The first-order valence-electron chi connectivity index (χ1n) is 7.50. The summed E-state index contributed by atoms with van der Waals surface area (Å²) in [7, 11) is 3.00. The number of amides is 1. The Hall–Kier alpha value is -3.02. The number of nitrogens with one attached hydrogen (secondary N) is 1. The van der Waals surface area contributed by atoms with Gasteiger partial charge in [-0.25, -0.2) is 4.79 Å². The number of fused-ring (bicyclic) bond motifs is 1. The minimum atomic E-state index is -0.452. The third kappa shape index (κ3) is 2.90. The number of aromatic nitrogens is 1. The van der Waals surface area contributed by atoms with E-state index in [1.807, 2.05) is 30.3 Å². The van der Waals surface area contributed by atoms with Crippen molar-refractivity contribution in [3.8, 4) is 0 Å². The summed E-state index contributed by atoms with van der Waals surface area (Å²) >= 11 is 0. The summed E-state index contributed by atoms with van der Waals surface area (Å²) in [5.74, 6) is 0.398. The van der Waals surface area contributed by atoms with Crippen LogP contribution in [0.4, 0.5) is 0 Å². The van der Waals surface area contributed by atoms with Crippen molar-refractivity contribution in [2.24, 2.45) is 0 Å². The van der Waals surface area contributed by atoms with Crippen molar-refractivity contribution < 1.29 is 18.7 Å². The maximum atomic E-state index is 12.6. The Balaban J connectivity index is 1.78. The molecule has 0 aliphatic carbocycles. The Kier molecular flexibility index (Phi) is 4.12. The minimum absolute atomic E-state index is 0.153. The molecule has 0 saturated heterocycles. The van der Waals surface area contributed by atoms with E-state index >= 15 is 0 Å². The lowest BCUT2D eigenvalue weighted by Crippen LogP contribution is -2.26. The van der Waals surface area contributed by atoms with Crippen LogP contribution in [0.1, 0.15) is 32.4 Å². The van der Waals surface area contributed by atoms with Gasteiger partial charge >= 0.3 is 5.97 Å². The number of rotatable bonds is 4. The van der Waals surface area contributed by atoms with E-state index in [1.54, 1.807) is 20.0 Å². The molecule has 0 radical (unpaired) electrons. The number of aromatic amines is 1. The molecule has 0 saturated carbocycles. The van der Waals surface area contributed by atoms with Crippen LogP contribution in [0.25, 0.3) is 10.9 Å². The standard InChI is InChI=1S/C18H18N2O4/c1-11-14(18(22)23-3)9-13(24-11)10-20(2)17(21)16-8-12-6-4-5-7-15(12)19-16/h4-9,19H,10H2,1-3H3. The van der Waals surface area contributed by atoms with Gasteiger partial charge in [0.2, 0.25) is 0 Å². The topological polar surface area (TPSA) is 75.5 Å². The zero-order valence-electron chi connectivity index (χ0n) is 13.8. The normalized spacial score (nSPS) is 10.8. The van der Waals surface area contributed by atoms with Crippen molar-refractivity contribution in [2.75, 3.05) is 14.2 Å². The van der Waals surface area contributed by atoms with Crippen molar-refractivity contribution >= 4 is 22.8 Å². The quantitative estimate of drug-likeness (QED) is 0.747. The number of carbonyl (C=O) groups excluding carboxylic acids is 2. The minimum Gasteiger partial charge on any atom is -0.465 e. The number of H-pyrrole nitrogens is 1. The van der Waals surface area contributed by atoms with Crippen molar-refractivity contribution in [2.45, 2.75) is 13.5 Å². The van der Waals surface area contributed by atoms with Gasteiger partial charge in [0, 0.05) is 18.0 Å². The maximum Gasteiger partial charge on any atom is 0.341 e. The highest BCUT2D eigenvalue weighted by Crippen LogP contribution is 2.19. The predicted octanol–water partition coefficient (Wildman–Crippen LogP) is 3.13. The van der Waals surface area contributed by atoms with Gasteiger partial charge in [-0.15, -0.1) is 0 Å². The maximum absolute atomic E-state index is 12.6. The van der Waals surface area contributed by atoms with Crippen LogP contribution in [-0.4, -0.2) is 35.9 Å². The van der Waals surface area contributed by atoms with Gasteiger partial charge in [-0.05, 0) is 25.1 Å². The van der Waals surface area contributed by atoms with Gasteiger partial charge in [0.1, 0.15) is 22.8 Å². The number of hydrogen-bond acceptors (Lipinski definition) is 4. The lowest BCUT2D eigenvalue weighted by molar-refractivity contribution is 0.0598. The number of hydrogen-bond donors (Lipinski definition) is 1. The lowest BCUT2D eigenvalue weighted by atomic mass is 10.2. The second kappa shape index (κ2) is 6.23. The Bertz CT molecular complexity index is 874. The number of esters is 1. The third-order valence-corrected chi connectivity index (χ3v) is 3.87. The Morgan fingerprint density at radius 1 is 1.25 bits per heavy atom. The molecule has 0 fully saturated rings. The van der Waals surface area contributed by atoms with Gasteiger partial charge in [-0.3, -0.25) is 4.79 Å². The van der Waals surface area contributed by atoms with Gasteiger partial charge in [-0.1, -0.05) is 18.2 Å². The van der Waals surface area contributed by atoms with Gasteiger partial charge in [0.15, 0.2) is 0 Å². The Labute approximate surface area is 139 Å².